The summed E-state index contributed by atoms with van der Waals surface area (Å²) in [6.45, 7) is 3.22. The number of halogens is 1. The van der Waals surface area contributed by atoms with Gasteiger partial charge in [-0.1, -0.05) is 12.8 Å². The summed E-state index contributed by atoms with van der Waals surface area (Å²) in [5.41, 5.74) is 1.17. The van der Waals surface area contributed by atoms with Crippen LogP contribution in [0.1, 0.15) is 42.8 Å². The number of rotatable bonds is 5. The van der Waals surface area contributed by atoms with Crippen molar-refractivity contribution in [2.75, 3.05) is 6.54 Å². The molecule has 0 bridgehead atoms. The summed E-state index contributed by atoms with van der Waals surface area (Å²) in [4.78, 5) is 4.47. The van der Waals surface area contributed by atoms with E-state index in [2.05, 4.69) is 22.6 Å². The van der Waals surface area contributed by atoms with Crippen molar-refractivity contribution in [1.82, 2.24) is 10.3 Å². The van der Waals surface area contributed by atoms with Crippen LogP contribution in [0.25, 0.3) is 0 Å². The zero-order chi connectivity index (χ0) is 10.5. The van der Waals surface area contributed by atoms with Gasteiger partial charge in [0.05, 0.1) is 5.01 Å². The van der Waals surface area contributed by atoms with Crippen molar-refractivity contribution < 1.29 is 0 Å². The number of thiazole rings is 1. The molecule has 16 heavy (non-hydrogen) atoms. The summed E-state index contributed by atoms with van der Waals surface area (Å²) >= 11 is 1.79. The first-order valence-corrected chi connectivity index (χ1v) is 6.87. The summed E-state index contributed by atoms with van der Waals surface area (Å²) in [5.74, 6) is 0. The molecule has 1 saturated carbocycles. The standard InChI is InChI=1S/C12H20N2S.ClH/c1-10-9-15-12(14-10)7-4-8-13-11-5-2-3-6-11;/h9,11,13H,2-8H2,1H3;1H. The van der Waals surface area contributed by atoms with Crippen LogP contribution < -0.4 is 5.32 Å². The molecule has 2 rings (SSSR count). The highest BCUT2D eigenvalue weighted by atomic mass is 35.5. The Labute approximate surface area is 108 Å². The second kappa shape index (κ2) is 7.25. The minimum Gasteiger partial charge on any atom is -0.314 e. The third-order valence-corrected chi connectivity index (χ3v) is 4.05. The van der Waals surface area contributed by atoms with E-state index in [1.54, 1.807) is 11.3 Å². The fraction of sp³-hybridized carbons (Fsp3) is 0.750. The quantitative estimate of drug-likeness (QED) is 0.822. The Hall–Kier alpha value is -0.120. The maximum atomic E-state index is 4.47. The zero-order valence-electron chi connectivity index (χ0n) is 9.87. The molecule has 4 heteroatoms. The van der Waals surface area contributed by atoms with Crippen LogP contribution in [0.2, 0.25) is 0 Å². The van der Waals surface area contributed by atoms with E-state index in [0.717, 1.165) is 19.0 Å². The monoisotopic (exact) mass is 260 g/mol. The van der Waals surface area contributed by atoms with Gasteiger partial charge in [-0.25, -0.2) is 4.98 Å². The number of aromatic nitrogens is 1. The van der Waals surface area contributed by atoms with Crippen molar-refractivity contribution in [3.63, 3.8) is 0 Å². The predicted octanol–water partition coefficient (Wildman–Crippen LogP) is 3.34. The highest BCUT2D eigenvalue weighted by Gasteiger charge is 2.13. The van der Waals surface area contributed by atoms with Gasteiger partial charge in [0.1, 0.15) is 0 Å². The second-order valence-corrected chi connectivity index (χ2v) is 5.36. The van der Waals surface area contributed by atoms with E-state index >= 15 is 0 Å². The van der Waals surface area contributed by atoms with Gasteiger partial charge in [-0.3, -0.25) is 0 Å². The van der Waals surface area contributed by atoms with Gasteiger partial charge in [0.15, 0.2) is 0 Å². The fourth-order valence-electron chi connectivity index (χ4n) is 2.19. The summed E-state index contributed by atoms with van der Waals surface area (Å²) in [7, 11) is 0. The van der Waals surface area contributed by atoms with Crippen LogP contribution in [0.4, 0.5) is 0 Å². The normalized spacial score (nSPS) is 16.3. The Morgan fingerprint density at radius 2 is 2.19 bits per heavy atom. The number of hydrogen-bond donors (Lipinski definition) is 1. The first-order chi connectivity index (χ1) is 7.34. The van der Waals surface area contributed by atoms with Gasteiger partial charge in [-0.05, 0) is 32.7 Å². The van der Waals surface area contributed by atoms with E-state index < -0.39 is 0 Å². The van der Waals surface area contributed by atoms with Gasteiger partial charge in [0.2, 0.25) is 0 Å². The Balaban J connectivity index is 0.00000128. The SMILES string of the molecule is Cc1csc(CCCNC2CCCC2)n1.Cl. The molecule has 1 aromatic rings. The van der Waals surface area contributed by atoms with Crippen molar-refractivity contribution in [2.24, 2.45) is 0 Å². The summed E-state index contributed by atoms with van der Waals surface area (Å²) in [6.07, 6.45) is 7.97. The molecule has 0 aliphatic heterocycles. The lowest BCUT2D eigenvalue weighted by Crippen LogP contribution is -2.27. The van der Waals surface area contributed by atoms with Crippen LogP contribution >= 0.6 is 23.7 Å². The molecule has 92 valence electrons. The first kappa shape index (κ1) is 13.9. The molecule has 1 fully saturated rings. The molecule has 0 unspecified atom stereocenters. The van der Waals surface area contributed by atoms with Crippen LogP contribution in [-0.2, 0) is 6.42 Å². The predicted molar refractivity (Wildman–Crippen MR) is 72.7 cm³/mol. The number of hydrogen-bond acceptors (Lipinski definition) is 3. The Kier molecular flexibility index (Phi) is 6.32. The van der Waals surface area contributed by atoms with Crippen molar-refractivity contribution in [2.45, 2.75) is 51.5 Å². The van der Waals surface area contributed by atoms with E-state index in [-0.39, 0.29) is 12.4 Å². The molecule has 1 aromatic heterocycles. The van der Waals surface area contributed by atoms with Crippen LogP contribution in [0.5, 0.6) is 0 Å². The molecular formula is C12H21ClN2S. The topological polar surface area (TPSA) is 24.9 Å². The summed E-state index contributed by atoms with van der Waals surface area (Å²) in [6, 6.07) is 0.808. The lowest BCUT2D eigenvalue weighted by atomic mass is 10.2. The van der Waals surface area contributed by atoms with Gasteiger partial charge in [0, 0.05) is 23.5 Å². The maximum Gasteiger partial charge on any atom is 0.0928 e. The molecule has 1 N–H and O–H groups in total. The first-order valence-electron chi connectivity index (χ1n) is 5.99. The molecule has 1 aliphatic rings. The molecule has 0 atom stereocenters. The van der Waals surface area contributed by atoms with Crippen LogP contribution in [0.3, 0.4) is 0 Å². The van der Waals surface area contributed by atoms with Crippen molar-refractivity contribution >= 4 is 23.7 Å². The molecule has 2 nitrogen and oxygen atoms in total. The number of nitrogens with zero attached hydrogens (tertiary/aromatic N) is 1. The van der Waals surface area contributed by atoms with E-state index in [0.29, 0.717) is 0 Å². The molecule has 0 radical (unpaired) electrons. The Morgan fingerprint density at radius 3 is 2.81 bits per heavy atom. The highest BCUT2D eigenvalue weighted by molar-refractivity contribution is 7.09. The number of nitrogens with one attached hydrogen (secondary N) is 1. The average Bonchev–Trinajstić information content (AvgIpc) is 2.84. The Bertz CT molecular complexity index is 295. The molecular weight excluding hydrogens is 240 g/mol. The van der Waals surface area contributed by atoms with Gasteiger partial charge < -0.3 is 5.32 Å². The van der Waals surface area contributed by atoms with Crippen molar-refractivity contribution in [3.8, 4) is 0 Å². The molecule has 0 amide bonds. The summed E-state index contributed by atoms with van der Waals surface area (Å²) < 4.78 is 0. The smallest absolute Gasteiger partial charge is 0.0928 e. The third kappa shape index (κ3) is 4.40. The third-order valence-electron chi connectivity index (χ3n) is 3.02. The molecule has 1 aliphatic carbocycles. The molecule has 0 spiro atoms. The van der Waals surface area contributed by atoms with Crippen molar-refractivity contribution in [3.05, 3.63) is 16.1 Å². The highest BCUT2D eigenvalue weighted by Crippen LogP contribution is 2.17. The largest absolute Gasteiger partial charge is 0.314 e. The van der Waals surface area contributed by atoms with Gasteiger partial charge in [-0.2, -0.15) is 0 Å². The van der Waals surface area contributed by atoms with Crippen LogP contribution in [0, 0.1) is 6.92 Å². The van der Waals surface area contributed by atoms with Gasteiger partial charge in [-0.15, -0.1) is 23.7 Å². The fourth-order valence-corrected chi connectivity index (χ4v) is 3.01. The minimum absolute atomic E-state index is 0. The average molecular weight is 261 g/mol. The van der Waals surface area contributed by atoms with E-state index in [1.165, 1.54) is 42.8 Å². The second-order valence-electron chi connectivity index (χ2n) is 4.42. The van der Waals surface area contributed by atoms with Crippen LogP contribution in [-0.4, -0.2) is 17.6 Å². The van der Waals surface area contributed by atoms with E-state index in [9.17, 15) is 0 Å². The van der Waals surface area contributed by atoms with Gasteiger partial charge in [0.25, 0.3) is 0 Å². The lowest BCUT2D eigenvalue weighted by Gasteiger charge is -2.10. The zero-order valence-corrected chi connectivity index (χ0v) is 11.5. The molecule has 1 heterocycles. The molecule has 0 saturated heterocycles. The minimum atomic E-state index is 0. The Morgan fingerprint density at radius 1 is 1.44 bits per heavy atom. The van der Waals surface area contributed by atoms with Crippen molar-refractivity contribution in [1.29, 1.82) is 0 Å². The van der Waals surface area contributed by atoms with Crippen LogP contribution in [0.15, 0.2) is 5.38 Å². The molecule has 0 aromatic carbocycles. The van der Waals surface area contributed by atoms with E-state index in [4.69, 9.17) is 0 Å². The van der Waals surface area contributed by atoms with Gasteiger partial charge >= 0.3 is 0 Å². The van der Waals surface area contributed by atoms with E-state index in [1.807, 2.05) is 0 Å². The number of aryl methyl sites for hydroxylation is 2. The summed E-state index contributed by atoms with van der Waals surface area (Å²) in [5, 5.41) is 7.07. The lowest BCUT2D eigenvalue weighted by molar-refractivity contribution is 0.515. The maximum absolute atomic E-state index is 4.47.